The molecule has 0 saturated heterocycles. The number of fused-ring (bicyclic) bond motifs is 3. The number of hydrogen-bond donors (Lipinski definition) is 2. The predicted molar refractivity (Wildman–Crippen MR) is 104 cm³/mol. The van der Waals surface area contributed by atoms with Crippen LogP contribution in [0, 0.1) is 5.41 Å². The van der Waals surface area contributed by atoms with Crippen molar-refractivity contribution in [3.8, 4) is 11.1 Å². The molecule has 0 aliphatic heterocycles. The smallest absolute Gasteiger partial charge is 0.407 e. The van der Waals surface area contributed by atoms with E-state index in [1.807, 2.05) is 31.2 Å². The second-order valence-electron chi connectivity index (χ2n) is 7.46. The first-order chi connectivity index (χ1) is 12.9. The maximum atomic E-state index is 12.3. The van der Waals surface area contributed by atoms with Crippen molar-refractivity contribution in [2.45, 2.75) is 39.2 Å². The Bertz CT molecular complexity index is 813. The molecule has 27 heavy (non-hydrogen) atoms. The zero-order valence-corrected chi connectivity index (χ0v) is 15.9. The quantitative estimate of drug-likeness (QED) is 0.793. The first-order valence-electron chi connectivity index (χ1n) is 9.21. The lowest BCUT2D eigenvalue weighted by molar-refractivity contribution is -0.148. The number of benzene rings is 2. The van der Waals surface area contributed by atoms with Crippen LogP contribution in [0.3, 0.4) is 0 Å². The lowest BCUT2D eigenvalue weighted by atomic mass is 9.83. The van der Waals surface area contributed by atoms with Gasteiger partial charge in [-0.05, 0) is 42.5 Å². The number of carboxylic acid groups (broad SMARTS) is 1. The summed E-state index contributed by atoms with van der Waals surface area (Å²) in [7, 11) is 0. The summed E-state index contributed by atoms with van der Waals surface area (Å²) in [5.74, 6) is -0.969. The number of carbonyl (C=O) groups is 2. The Balaban J connectivity index is 1.72. The van der Waals surface area contributed by atoms with Crippen LogP contribution in [0.15, 0.2) is 48.5 Å². The molecule has 0 saturated carbocycles. The molecule has 0 fully saturated rings. The molecule has 5 heteroatoms. The van der Waals surface area contributed by atoms with Crippen molar-refractivity contribution >= 4 is 12.1 Å². The fraction of sp³-hybridized carbons (Fsp3) is 0.364. The maximum Gasteiger partial charge on any atom is 0.407 e. The number of carbonyl (C=O) groups excluding carboxylic acids is 1. The van der Waals surface area contributed by atoms with Crippen LogP contribution in [0.25, 0.3) is 11.1 Å². The van der Waals surface area contributed by atoms with Crippen LogP contribution in [0.5, 0.6) is 0 Å². The highest BCUT2D eigenvalue weighted by Crippen LogP contribution is 2.44. The highest BCUT2D eigenvalue weighted by Gasteiger charge is 2.37. The summed E-state index contributed by atoms with van der Waals surface area (Å²) < 4.78 is 5.50. The predicted octanol–water partition coefficient (Wildman–Crippen LogP) is 4.41. The van der Waals surface area contributed by atoms with Crippen molar-refractivity contribution in [2.75, 3.05) is 6.61 Å². The number of aliphatic carboxylic acids is 1. The molecule has 0 spiro atoms. The number of carboxylic acids is 1. The van der Waals surface area contributed by atoms with Crippen molar-refractivity contribution in [3.05, 3.63) is 59.7 Å². The van der Waals surface area contributed by atoms with Gasteiger partial charge >= 0.3 is 12.1 Å². The third-order valence-corrected chi connectivity index (χ3v) is 5.47. The number of alkyl carbamates (subject to hydrolysis) is 1. The van der Waals surface area contributed by atoms with Crippen LogP contribution in [-0.2, 0) is 9.53 Å². The molecule has 0 unspecified atom stereocenters. The van der Waals surface area contributed by atoms with E-state index in [4.69, 9.17) is 4.74 Å². The van der Waals surface area contributed by atoms with Gasteiger partial charge in [-0.2, -0.15) is 0 Å². The summed E-state index contributed by atoms with van der Waals surface area (Å²) in [5, 5.41) is 12.1. The lowest BCUT2D eigenvalue weighted by Crippen LogP contribution is -2.48. The Hall–Kier alpha value is -2.82. The van der Waals surface area contributed by atoms with Gasteiger partial charge < -0.3 is 15.2 Å². The fourth-order valence-electron chi connectivity index (χ4n) is 3.72. The molecule has 2 N–H and O–H groups in total. The molecule has 3 rings (SSSR count). The second-order valence-corrected chi connectivity index (χ2v) is 7.46. The minimum atomic E-state index is -1.07. The van der Waals surface area contributed by atoms with E-state index < -0.39 is 23.5 Å². The topological polar surface area (TPSA) is 75.6 Å². The maximum absolute atomic E-state index is 12.3. The second kappa shape index (κ2) is 7.43. The molecular weight excluding hydrogens is 342 g/mol. The molecule has 1 atom stereocenters. The van der Waals surface area contributed by atoms with Gasteiger partial charge in [0.15, 0.2) is 0 Å². The Morgan fingerprint density at radius 3 is 2.07 bits per heavy atom. The van der Waals surface area contributed by atoms with Gasteiger partial charge in [0.2, 0.25) is 0 Å². The van der Waals surface area contributed by atoms with Gasteiger partial charge in [-0.1, -0.05) is 55.5 Å². The Labute approximate surface area is 159 Å². The number of nitrogens with one attached hydrogen (secondary N) is 1. The van der Waals surface area contributed by atoms with Gasteiger partial charge in [0.1, 0.15) is 6.61 Å². The lowest BCUT2D eigenvalue weighted by Gasteiger charge is -2.30. The number of ether oxygens (including phenoxy) is 1. The van der Waals surface area contributed by atoms with Gasteiger partial charge in [-0.15, -0.1) is 0 Å². The molecule has 142 valence electrons. The van der Waals surface area contributed by atoms with E-state index in [1.165, 1.54) is 11.1 Å². The van der Waals surface area contributed by atoms with Gasteiger partial charge in [-0.25, -0.2) is 4.79 Å². The van der Waals surface area contributed by atoms with Crippen molar-refractivity contribution in [2.24, 2.45) is 5.41 Å². The van der Waals surface area contributed by atoms with Crippen LogP contribution in [-0.4, -0.2) is 29.8 Å². The molecule has 0 aromatic heterocycles. The van der Waals surface area contributed by atoms with Crippen molar-refractivity contribution in [1.29, 1.82) is 0 Å². The van der Waals surface area contributed by atoms with E-state index in [2.05, 4.69) is 29.6 Å². The molecule has 0 bridgehead atoms. The number of amides is 1. The zero-order valence-electron chi connectivity index (χ0n) is 15.9. The van der Waals surface area contributed by atoms with Crippen molar-refractivity contribution < 1.29 is 19.4 Å². The van der Waals surface area contributed by atoms with Gasteiger partial charge in [-0.3, -0.25) is 4.79 Å². The summed E-state index contributed by atoms with van der Waals surface area (Å²) in [6, 6.07) is 15.8. The third kappa shape index (κ3) is 3.54. The molecule has 1 aliphatic carbocycles. The molecule has 1 aliphatic rings. The van der Waals surface area contributed by atoms with Crippen molar-refractivity contribution in [1.82, 2.24) is 5.32 Å². The van der Waals surface area contributed by atoms with E-state index in [0.29, 0.717) is 6.42 Å². The van der Waals surface area contributed by atoms with Crippen LogP contribution in [0.1, 0.15) is 44.2 Å². The monoisotopic (exact) mass is 367 g/mol. The highest BCUT2D eigenvalue weighted by atomic mass is 16.5. The molecule has 1 amide bonds. The largest absolute Gasteiger partial charge is 0.481 e. The minimum Gasteiger partial charge on any atom is -0.481 e. The highest BCUT2D eigenvalue weighted by molar-refractivity contribution is 5.79. The van der Waals surface area contributed by atoms with Crippen LogP contribution >= 0.6 is 0 Å². The average Bonchev–Trinajstić information content (AvgIpc) is 2.98. The van der Waals surface area contributed by atoms with E-state index in [0.717, 1.165) is 11.1 Å². The molecule has 2 aromatic rings. The van der Waals surface area contributed by atoms with E-state index in [-0.39, 0.29) is 12.5 Å². The summed E-state index contributed by atoms with van der Waals surface area (Å²) in [6.45, 7) is 5.27. The SMILES string of the molecule is CC[C@H](NC(=O)OCC1c2ccccc2-c2ccccc21)C(C)(C)C(=O)O. The van der Waals surface area contributed by atoms with Crippen LogP contribution in [0.2, 0.25) is 0 Å². The average molecular weight is 367 g/mol. The zero-order chi connectivity index (χ0) is 19.6. The Morgan fingerprint density at radius 2 is 1.59 bits per heavy atom. The van der Waals surface area contributed by atoms with Crippen molar-refractivity contribution in [3.63, 3.8) is 0 Å². The van der Waals surface area contributed by atoms with Gasteiger partial charge in [0.25, 0.3) is 0 Å². The summed E-state index contributed by atoms with van der Waals surface area (Å²) >= 11 is 0. The standard InChI is InChI=1S/C22H25NO4/c1-4-19(22(2,3)20(24)25)23-21(26)27-13-18-16-11-7-5-9-14(16)15-10-6-8-12-17(15)18/h5-12,18-19H,4,13H2,1-3H3,(H,23,26)(H,24,25)/t19-/m0/s1. The summed E-state index contributed by atoms with van der Waals surface area (Å²) in [5.41, 5.74) is 3.55. The van der Waals surface area contributed by atoms with Gasteiger partial charge in [0.05, 0.1) is 5.41 Å². The summed E-state index contributed by atoms with van der Waals surface area (Å²) in [6.07, 6.45) is -0.0817. The summed E-state index contributed by atoms with van der Waals surface area (Å²) in [4.78, 5) is 23.8. The van der Waals surface area contributed by atoms with E-state index >= 15 is 0 Å². The Morgan fingerprint density at radius 1 is 1.07 bits per heavy atom. The minimum absolute atomic E-state index is 0.0179. The van der Waals surface area contributed by atoms with Crippen LogP contribution in [0.4, 0.5) is 4.79 Å². The molecular formula is C22H25NO4. The molecule has 2 aromatic carbocycles. The van der Waals surface area contributed by atoms with E-state index in [9.17, 15) is 14.7 Å². The first kappa shape index (κ1) is 19.0. The van der Waals surface area contributed by atoms with Gasteiger partial charge in [0, 0.05) is 12.0 Å². The first-order valence-corrected chi connectivity index (χ1v) is 9.21. The molecule has 0 heterocycles. The van der Waals surface area contributed by atoms with E-state index in [1.54, 1.807) is 13.8 Å². The fourth-order valence-corrected chi connectivity index (χ4v) is 3.72. The Kier molecular flexibility index (Phi) is 5.22. The van der Waals surface area contributed by atoms with Crippen LogP contribution < -0.4 is 5.32 Å². The molecule has 5 nitrogen and oxygen atoms in total. The molecule has 0 radical (unpaired) electrons. The number of hydrogen-bond acceptors (Lipinski definition) is 3. The normalized spacial score (nSPS) is 14.2. The number of rotatable bonds is 6. The third-order valence-electron chi connectivity index (χ3n) is 5.47.